The van der Waals surface area contributed by atoms with E-state index in [1.807, 2.05) is 0 Å². The lowest BCUT2D eigenvalue weighted by Gasteiger charge is -2.08. The van der Waals surface area contributed by atoms with Crippen LogP contribution in [0, 0.1) is 0 Å². The summed E-state index contributed by atoms with van der Waals surface area (Å²) in [4.78, 5) is 8.27. The predicted molar refractivity (Wildman–Crippen MR) is 72.1 cm³/mol. The average molecular weight is 310 g/mol. The first-order valence-electron chi connectivity index (χ1n) is 4.70. The number of hydrogen-bond acceptors (Lipinski definition) is 4. The molecule has 2 N–H and O–H groups in total. The number of halogens is 1. The summed E-state index contributed by atoms with van der Waals surface area (Å²) >= 11 is 8.22. The molecule has 17 heavy (non-hydrogen) atoms. The Hall–Kier alpha value is -1.53. The van der Waals surface area contributed by atoms with Gasteiger partial charge in [-0.25, -0.2) is 4.98 Å². The fourth-order valence-electron chi connectivity index (χ4n) is 1.23. The average Bonchev–Trinajstić information content (AvgIpc) is 2.29. The topological polar surface area (TPSA) is 61.0 Å². The molecule has 2 aromatic heterocycles. The fraction of sp³-hybridized carbons (Fsp3) is 0. The van der Waals surface area contributed by atoms with Crippen LogP contribution in [-0.2, 0) is 0 Å². The summed E-state index contributed by atoms with van der Waals surface area (Å²) in [5.41, 5.74) is 6.02. The molecule has 0 aliphatic heterocycles. The Balaban J connectivity index is 2.33. The van der Waals surface area contributed by atoms with Gasteiger partial charge < -0.3 is 10.5 Å². The van der Waals surface area contributed by atoms with Gasteiger partial charge in [-0.05, 0) is 34.1 Å². The number of hydrogen-bond donors (Lipinski definition) is 1. The van der Waals surface area contributed by atoms with Crippen molar-refractivity contribution in [3.05, 3.63) is 47.0 Å². The molecule has 0 fully saturated rings. The molecule has 2 aromatic rings. The van der Waals surface area contributed by atoms with Crippen molar-refractivity contribution in [1.82, 2.24) is 9.97 Å². The van der Waals surface area contributed by atoms with E-state index in [9.17, 15) is 0 Å². The molecule has 0 aliphatic rings. The molecule has 4 nitrogen and oxygen atoms in total. The maximum absolute atomic E-state index is 5.63. The maximum Gasteiger partial charge on any atom is 0.156 e. The molecule has 2 heterocycles. The fourth-order valence-corrected chi connectivity index (χ4v) is 1.73. The Kier molecular flexibility index (Phi) is 3.65. The van der Waals surface area contributed by atoms with Crippen LogP contribution >= 0.6 is 28.1 Å². The van der Waals surface area contributed by atoms with Crippen LogP contribution in [0.2, 0.25) is 0 Å². The van der Waals surface area contributed by atoms with Gasteiger partial charge in [-0.3, -0.25) is 4.98 Å². The SMILES string of the molecule is NC(=S)c1ncccc1Oc1cncc(Br)c1. The number of ether oxygens (including phenoxy) is 1. The minimum Gasteiger partial charge on any atom is -0.453 e. The van der Waals surface area contributed by atoms with Crippen LogP contribution in [0.1, 0.15) is 5.69 Å². The molecule has 0 bridgehead atoms. The molecule has 0 atom stereocenters. The minimum atomic E-state index is 0.198. The van der Waals surface area contributed by atoms with Gasteiger partial charge in [-0.1, -0.05) is 12.2 Å². The second-order valence-electron chi connectivity index (χ2n) is 3.16. The van der Waals surface area contributed by atoms with E-state index in [2.05, 4.69) is 25.9 Å². The van der Waals surface area contributed by atoms with Gasteiger partial charge in [0.15, 0.2) is 5.75 Å². The zero-order chi connectivity index (χ0) is 12.3. The van der Waals surface area contributed by atoms with Crippen molar-refractivity contribution < 1.29 is 4.74 Å². The number of rotatable bonds is 3. The Morgan fingerprint density at radius 3 is 2.94 bits per heavy atom. The van der Waals surface area contributed by atoms with Crippen LogP contribution < -0.4 is 10.5 Å². The monoisotopic (exact) mass is 309 g/mol. The normalized spacial score (nSPS) is 9.94. The van der Waals surface area contributed by atoms with Crippen LogP contribution in [0.3, 0.4) is 0 Å². The van der Waals surface area contributed by atoms with E-state index in [1.54, 1.807) is 36.8 Å². The van der Waals surface area contributed by atoms with Crippen molar-refractivity contribution in [2.24, 2.45) is 5.73 Å². The van der Waals surface area contributed by atoms with Gasteiger partial charge in [0.05, 0.1) is 6.20 Å². The molecule has 0 unspecified atom stereocenters. The summed E-state index contributed by atoms with van der Waals surface area (Å²) in [6.45, 7) is 0. The van der Waals surface area contributed by atoms with Gasteiger partial charge in [-0.15, -0.1) is 0 Å². The molecule has 0 aliphatic carbocycles. The Bertz CT molecular complexity index is 562. The van der Waals surface area contributed by atoms with E-state index in [0.717, 1.165) is 4.47 Å². The van der Waals surface area contributed by atoms with E-state index < -0.39 is 0 Å². The Morgan fingerprint density at radius 1 is 1.41 bits per heavy atom. The van der Waals surface area contributed by atoms with Crippen molar-refractivity contribution in [3.63, 3.8) is 0 Å². The molecular weight excluding hydrogens is 302 g/mol. The highest BCUT2D eigenvalue weighted by molar-refractivity contribution is 9.10. The van der Waals surface area contributed by atoms with Gasteiger partial charge in [0.1, 0.15) is 16.4 Å². The van der Waals surface area contributed by atoms with E-state index in [4.69, 9.17) is 22.7 Å². The zero-order valence-corrected chi connectivity index (χ0v) is 11.0. The highest BCUT2D eigenvalue weighted by Crippen LogP contribution is 2.25. The summed E-state index contributed by atoms with van der Waals surface area (Å²) in [5, 5.41) is 0. The summed E-state index contributed by atoms with van der Waals surface area (Å²) in [6.07, 6.45) is 4.88. The second-order valence-corrected chi connectivity index (χ2v) is 4.51. The third kappa shape index (κ3) is 2.98. The van der Waals surface area contributed by atoms with E-state index in [0.29, 0.717) is 17.2 Å². The number of nitrogens with two attached hydrogens (primary N) is 1. The molecule has 0 spiro atoms. The number of thiocarbonyl (C=S) groups is 1. The standard InChI is InChI=1S/C11H8BrN3OS/c12-7-4-8(6-14-5-7)16-9-2-1-3-15-10(9)11(13)17/h1-6H,(H2,13,17). The van der Waals surface area contributed by atoms with Gasteiger partial charge in [0.2, 0.25) is 0 Å². The third-order valence-electron chi connectivity index (χ3n) is 1.91. The lowest BCUT2D eigenvalue weighted by molar-refractivity contribution is 0.476. The number of nitrogens with zero attached hydrogens (tertiary/aromatic N) is 2. The number of aromatic nitrogens is 2. The van der Waals surface area contributed by atoms with Gasteiger partial charge in [0, 0.05) is 16.9 Å². The zero-order valence-electron chi connectivity index (χ0n) is 8.63. The first kappa shape index (κ1) is 11.9. The molecule has 6 heteroatoms. The summed E-state index contributed by atoms with van der Waals surface area (Å²) in [5.74, 6) is 1.10. The van der Waals surface area contributed by atoms with E-state index >= 15 is 0 Å². The molecule has 0 radical (unpaired) electrons. The largest absolute Gasteiger partial charge is 0.453 e. The molecule has 86 valence electrons. The van der Waals surface area contributed by atoms with Crippen LogP contribution in [0.25, 0.3) is 0 Å². The van der Waals surface area contributed by atoms with Gasteiger partial charge >= 0.3 is 0 Å². The van der Waals surface area contributed by atoms with Crippen molar-refractivity contribution in [2.75, 3.05) is 0 Å². The van der Waals surface area contributed by atoms with Crippen LogP contribution in [0.15, 0.2) is 41.3 Å². The van der Waals surface area contributed by atoms with Crippen molar-refractivity contribution in [2.45, 2.75) is 0 Å². The minimum absolute atomic E-state index is 0.198. The molecule has 2 rings (SSSR count). The van der Waals surface area contributed by atoms with E-state index in [-0.39, 0.29) is 4.99 Å². The van der Waals surface area contributed by atoms with Crippen LogP contribution in [-0.4, -0.2) is 15.0 Å². The van der Waals surface area contributed by atoms with E-state index in [1.165, 1.54) is 0 Å². The van der Waals surface area contributed by atoms with Crippen LogP contribution in [0.4, 0.5) is 0 Å². The molecular formula is C11H8BrN3OS. The Morgan fingerprint density at radius 2 is 2.24 bits per heavy atom. The molecule has 0 amide bonds. The summed E-state index contributed by atoms with van der Waals surface area (Å²) < 4.78 is 6.46. The molecule has 0 saturated carbocycles. The second kappa shape index (κ2) is 5.20. The lowest BCUT2D eigenvalue weighted by atomic mass is 10.3. The maximum atomic E-state index is 5.63. The highest BCUT2D eigenvalue weighted by atomic mass is 79.9. The lowest BCUT2D eigenvalue weighted by Crippen LogP contribution is -2.12. The number of pyridine rings is 2. The van der Waals surface area contributed by atoms with Crippen molar-refractivity contribution >= 4 is 33.1 Å². The Labute approximate surface area is 112 Å². The summed E-state index contributed by atoms with van der Waals surface area (Å²) in [6, 6.07) is 5.30. The van der Waals surface area contributed by atoms with Crippen LogP contribution in [0.5, 0.6) is 11.5 Å². The first-order valence-corrected chi connectivity index (χ1v) is 5.90. The predicted octanol–water partition coefficient (Wildman–Crippen LogP) is 2.67. The van der Waals surface area contributed by atoms with Crippen molar-refractivity contribution in [3.8, 4) is 11.5 Å². The van der Waals surface area contributed by atoms with Gasteiger partial charge in [0.25, 0.3) is 0 Å². The molecule has 0 aromatic carbocycles. The summed E-state index contributed by atoms with van der Waals surface area (Å²) in [7, 11) is 0. The third-order valence-corrected chi connectivity index (χ3v) is 2.54. The quantitative estimate of drug-likeness (QED) is 0.883. The molecule has 0 saturated heterocycles. The highest BCUT2D eigenvalue weighted by Gasteiger charge is 2.08. The smallest absolute Gasteiger partial charge is 0.156 e. The van der Waals surface area contributed by atoms with Crippen molar-refractivity contribution in [1.29, 1.82) is 0 Å². The first-order chi connectivity index (χ1) is 8.16. The van der Waals surface area contributed by atoms with Gasteiger partial charge in [-0.2, -0.15) is 0 Å².